The first-order chi connectivity index (χ1) is 9.72. The van der Waals surface area contributed by atoms with Gasteiger partial charge in [-0.3, -0.25) is 9.59 Å². The Morgan fingerprint density at radius 2 is 2.05 bits per heavy atom. The zero-order valence-corrected chi connectivity index (χ0v) is 12.6. The summed E-state index contributed by atoms with van der Waals surface area (Å²) in [6.07, 6.45) is 0.658. The summed E-state index contributed by atoms with van der Waals surface area (Å²) >= 11 is 0. The lowest BCUT2D eigenvalue weighted by Gasteiger charge is -2.35. The van der Waals surface area contributed by atoms with Crippen LogP contribution in [0.3, 0.4) is 0 Å². The van der Waals surface area contributed by atoms with Crippen LogP contribution in [0.15, 0.2) is 30.3 Å². The van der Waals surface area contributed by atoms with E-state index in [0.717, 1.165) is 12.1 Å². The molecule has 1 N–H and O–H groups in total. The first-order valence-corrected chi connectivity index (χ1v) is 6.87. The molecule has 2 fully saturated rings. The quantitative estimate of drug-likeness (QED) is 0.832. The molecular formula is C15H19ClN2O3. The molecule has 3 atom stereocenters. The van der Waals surface area contributed by atoms with Gasteiger partial charge in [0.25, 0.3) is 0 Å². The van der Waals surface area contributed by atoms with E-state index in [1.54, 1.807) is 0 Å². The maximum absolute atomic E-state index is 12.2. The molecule has 21 heavy (non-hydrogen) atoms. The molecule has 1 aromatic carbocycles. The Bertz CT molecular complexity index is 523. The molecule has 0 radical (unpaired) electrons. The molecule has 3 rings (SSSR count). The fourth-order valence-corrected chi connectivity index (χ4v) is 3.35. The van der Waals surface area contributed by atoms with Gasteiger partial charge >= 0.3 is 5.97 Å². The van der Waals surface area contributed by atoms with Crippen molar-refractivity contribution in [3.63, 3.8) is 0 Å². The summed E-state index contributed by atoms with van der Waals surface area (Å²) in [7, 11) is 1.40. The zero-order chi connectivity index (χ0) is 14.1. The lowest BCUT2D eigenvalue weighted by Crippen LogP contribution is -2.52. The van der Waals surface area contributed by atoms with Crippen LogP contribution in [-0.2, 0) is 14.3 Å². The van der Waals surface area contributed by atoms with Gasteiger partial charge in [-0.25, -0.2) is 0 Å². The van der Waals surface area contributed by atoms with Crippen LogP contribution in [0, 0.1) is 5.92 Å². The molecule has 0 aliphatic carbocycles. The largest absolute Gasteiger partial charge is 0.469 e. The summed E-state index contributed by atoms with van der Waals surface area (Å²) in [5.74, 6) is -0.459. The number of ether oxygens (including phenoxy) is 1. The number of methoxy groups -OCH3 is 1. The van der Waals surface area contributed by atoms with Crippen molar-refractivity contribution in [1.29, 1.82) is 0 Å². The predicted octanol–water partition coefficient (Wildman–Crippen LogP) is 1.14. The van der Waals surface area contributed by atoms with Crippen molar-refractivity contribution < 1.29 is 14.3 Å². The van der Waals surface area contributed by atoms with Crippen LogP contribution in [0.2, 0.25) is 0 Å². The van der Waals surface area contributed by atoms with E-state index in [-0.39, 0.29) is 42.3 Å². The van der Waals surface area contributed by atoms with Crippen molar-refractivity contribution in [2.24, 2.45) is 5.92 Å². The number of fused-ring (bicyclic) bond motifs is 1. The predicted molar refractivity (Wildman–Crippen MR) is 80.1 cm³/mol. The van der Waals surface area contributed by atoms with Crippen LogP contribution in [0.4, 0.5) is 0 Å². The Balaban J connectivity index is 0.00000161. The van der Waals surface area contributed by atoms with Gasteiger partial charge in [0, 0.05) is 12.6 Å². The summed E-state index contributed by atoms with van der Waals surface area (Å²) in [5, 5.41) is 3.11. The van der Waals surface area contributed by atoms with Gasteiger partial charge in [-0.05, 0) is 12.0 Å². The summed E-state index contributed by atoms with van der Waals surface area (Å²) in [5.41, 5.74) is 1.00. The number of hydrogen-bond donors (Lipinski definition) is 1. The second-order valence-electron chi connectivity index (χ2n) is 5.31. The minimum atomic E-state index is -0.281. The summed E-state index contributed by atoms with van der Waals surface area (Å²) in [6, 6.07) is 9.61. The lowest BCUT2D eigenvalue weighted by atomic mass is 9.93. The second kappa shape index (κ2) is 6.45. The number of hydrogen-bond acceptors (Lipinski definition) is 4. The van der Waals surface area contributed by atoms with Crippen LogP contribution < -0.4 is 5.32 Å². The van der Waals surface area contributed by atoms with Gasteiger partial charge in [-0.1, -0.05) is 30.3 Å². The Morgan fingerprint density at radius 1 is 1.33 bits per heavy atom. The van der Waals surface area contributed by atoms with Crippen molar-refractivity contribution in [1.82, 2.24) is 10.2 Å². The Morgan fingerprint density at radius 3 is 2.71 bits per heavy atom. The van der Waals surface area contributed by atoms with Crippen LogP contribution >= 0.6 is 12.4 Å². The Hall–Kier alpha value is -1.59. The molecule has 2 saturated heterocycles. The van der Waals surface area contributed by atoms with E-state index in [2.05, 4.69) is 5.32 Å². The van der Waals surface area contributed by atoms with Crippen molar-refractivity contribution in [2.45, 2.75) is 18.5 Å². The molecule has 0 aromatic heterocycles. The van der Waals surface area contributed by atoms with Gasteiger partial charge in [0.1, 0.15) is 0 Å². The van der Waals surface area contributed by atoms with E-state index in [1.165, 1.54) is 7.11 Å². The summed E-state index contributed by atoms with van der Waals surface area (Å²) in [6.45, 7) is 1.08. The highest BCUT2D eigenvalue weighted by Crippen LogP contribution is 2.42. The van der Waals surface area contributed by atoms with E-state index >= 15 is 0 Å². The molecule has 6 heteroatoms. The molecule has 0 unspecified atom stereocenters. The van der Waals surface area contributed by atoms with E-state index in [1.807, 2.05) is 35.2 Å². The molecule has 1 amide bonds. The molecular weight excluding hydrogens is 292 g/mol. The van der Waals surface area contributed by atoms with Crippen LogP contribution in [0.25, 0.3) is 0 Å². The molecule has 2 aliphatic rings. The number of carbonyl (C=O) groups excluding carboxylic acids is 2. The van der Waals surface area contributed by atoms with Gasteiger partial charge < -0.3 is 15.0 Å². The first kappa shape index (κ1) is 15.8. The van der Waals surface area contributed by atoms with Crippen LogP contribution in [0.1, 0.15) is 18.0 Å². The highest BCUT2D eigenvalue weighted by Gasteiger charge is 2.49. The van der Waals surface area contributed by atoms with Crippen LogP contribution in [0.5, 0.6) is 0 Å². The second-order valence-corrected chi connectivity index (χ2v) is 5.31. The number of piperazine rings is 1. The van der Waals surface area contributed by atoms with E-state index in [4.69, 9.17) is 4.74 Å². The van der Waals surface area contributed by atoms with E-state index < -0.39 is 0 Å². The lowest BCUT2D eigenvalue weighted by molar-refractivity contribution is -0.147. The molecule has 2 heterocycles. The standard InChI is InChI=1S/C15H18N2O3.ClH/c1-20-15(19)12-7-11-8-16-9-13(18)17(11)14(12)10-5-3-2-4-6-10;/h2-6,11-12,14,16H,7-9H2,1H3;1H/t11-,12-,14-;/m0./s1. The number of carbonyl (C=O) groups is 2. The number of nitrogens with zero attached hydrogens (tertiary/aromatic N) is 1. The molecule has 0 spiro atoms. The smallest absolute Gasteiger partial charge is 0.311 e. The number of halogens is 1. The summed E-state index contributed by atoms with van der Waals surface area (Å²) < 4.78 is 4.93. The minimum Gasteiger partial charge on any atom is -0.469 e. The average molecular weight is 311 g/mol. The van der Waals surface area contributed by atoms with Crippen molar-refractivity contribution in [3.8, 4) is 0 Å². The minimum absolute atomic E-state index is 0. The monoisotopic (exact) mass is 310 g/mol. The number of rotatable bonds is 2. The highest BCUT2D eigenvalue weighted by atomic mass is 35.5. The van der Waals surface area contributed by atoms with Gasteiger partial charge in [0.05, 0.1) is 25.6 Å². The molecule has 0 saturated carbocycles. The first-order valence-electron chi connectivity index (χ1n) is 6.87. The van der Waals surface area contributed by atoms with Crippen molar-refractivity contribution in [3.05, 3.63) is 35.9 Å². The summed E-state index contributed by atoms with van der Waals surface area (Å²) in [4.78, 5) is 26.2. The molecule has 1 aromatic rings. The number of benzene rings is 1. The number of nitrogens with one attached hydrogen (secondary N) is 1. The SMILES string of the molecule is COC(=O)[C@H]1C[C@H]2CNCC(=O)N2[C@H]1c1ccccc1.Cl. The van der Waals surface area contributed by atoms with Crippen LogP contribution in [-0.4, -0.2) is 43.0 Å². The van der Waals surface area contributed by atoms with Gasteiger partial charge in [-0.15, -0.1) is 12.4 Å². The zero-order valence-electron chi connectivity index (χ0n) is 11.8. The fourth-order valence-electron chi connectivity index (χ4n) is 3.35. The molecule has 114 valence electrons. The molecule has 0 bridgehead atoms. The maximum Gasteiger partial charge on any atom is 0.311 e. The van der Waals surface area contributed by atoms with E-state index in [9.17, 15) is 9.59 Å². The van der Waals surface area contributed by atoms with E-state index in [0.29, 0.717) is 13.0 Å². The fraction of sp³-hybridized carbons (Fsp3) is 0.467. The Kier molecular flexibility index (Phi) is 4.85. The van der Waals surface area contributed by atoms with Crippen molar-refractivity contribution >= 4 is 24.3 Å². The van der Waals surface area contributed by atoms with Gasteiger partial charge in [0.15, 0.2) is 0 Å². The topological polar surface area (TPSA) is 58.6 Å². The normalized spacial score (nSPS) is 27.8. The van der Waals surface area contributed by atoms with Gasteiger partial charge in [-0.2, -0.15) is 0 Å². The van der Waals surface area contributed by atoms with Crippen molar-refractivity contribution in [2.75, 3.05) is 20.2 Å². The number of amides is 1. The maximum atomic E-state index is 12.2. The average Bonchev–Trinajstić information content (AvgIpc) is 2.88. The van der Waals surface area contributed by atoms with Gasteiger partial charge in [0.2, 0.25) is 5.91 Å². The third-order valence-electron chi connectivity index (χ3n) is 4.19. The highest BCUT2D eigenvalue weighted by molar-refractivity contribution is 5.85. The Labute approximate surface area is 130 Å². The third-order valence-corrected chi connectivity index (χ3v) is 4.19. The molecule has 5 nitrogen and oxygen atoms in total. The third kappa shape index (κ3) is 2.76. The number of esters is 1. The molecule has 2 aliphatic heterocycles.